The van der Waals surface area contributed by atoms with Crippen LogP contribution in [0.3, 0.4) is 0 Å². The zero-order chi connectivity index (χ0) is 21.6. The number of nitrogens with zero attached hydrogens (tertiary/aromatic N) is 4. The average molecular weight is 449 g/mol. The smallest absolute Gasteiger partial charge is 0.281 e. The second-order valence-corrected chi connectivity index (χ2v) is 8.57. The van der Waals surface area contributed by atoms with Crippen molar-refractivity contribution in [2.75, 3.05) is 26.2 Å². The highest BCUT2D eigenvalue weighted by molar-refractivity contribution is 7.20. The van der Waals surface area contributed by atoms with Crippen molar-refractivity contribution in [2.24, 2.45) is 0 Å². The molecule has 32 heavy (non-hydrogen) atoms. The molecule has 164 valence electrons. The van der Waals surface area contributed by atoms with E-state index in [9.17, 15) is 0 Å². The standard InChI is InChI=1S/C24H24N4O3S/c1-3-21(17-25-11-1)30-20-9-13-28(14-10-20)15-16-29-18-5-7-19(8-6-18)31-24-27-23-22(32-24)4-2-12-26-23/h1-8,11-12,17,20H,9-10,13-16H2. The molecular weight excluding hydrogens is 424 g/mol. The van der Waals surface area contributed by atoms with Crippen molar-refractivity contribution in [3.63, 3.8) is 0 Å². The Morgan fingerprint density at radius 3 is 2.53 bits per heavy atom. The van der Waals surface area contributed by atoms with Crippen LogP contribution in [0.2, 0.25) is 0 Å². The minimum absolute atomic E-state index is 0.259. The van der Waals surface area contributed by atoms with Crippen LogP contribution < -0.4 is 14.2 Å². The average Bonchev–Trinajstić information content (AvgIpc) is 3.24. The molecule has 4 heterocycles. The first-order chi connectivity index (χ1) is 15.8. The van der Waals surface area contributed by atoms with Gasteiger partial charge in [-0.2, -0.15) is 4.98 Å². The molecule has 8 heteroatoms. The summed E-state index contributed by atoms with van der Waals surface area (Å²) in [6.45, 7) is 3.57. The molecule has 3 aromatic heterocycles. The van der Waals surface area contributed by atoms with Gasteiger partial charge in [0, 0.05) is 32.0 Å². The van der Waals surface area contributed by atoms with Gasteiger partial charge >= 0.3 is 0 Å². The van der Waals surface area contributed by atoms with Gasteiger partial charge in [0.05, 0.1) is 10.9 Å². The summed E-state index contributed by atoms with van der Waals surface area (Å²) >= 11 is 1.48. The highest BCUT2D eigenvalue weighted by Crippen LogP contribution is 2.30. The molecule has 0 radical (unpaired) electrons. The molecule has 5 rings (SSSR count). The molecule has 1 saturated heterocycles. The van der Waals surface area contributed by atoms with E-state index in [-0.39, 0.29) is 6.10 Å². The minimum atomic E-state index is 0.259. The van der Waals surface area contributed by atoms with Gasteiger partial charge in [0.2, 0.25) is 0 Å². The number of rotatable bonds is 8. The van der Waals surface area contributed by atoms with Gasteiger partial charge < -0.3 is 14.2 Å². The lowest BCUT2D eigenvalue weighted by molar-refractivity contribution is 0.0913. The van der Waals surface area contributed by atoms with Gasteiger partial charge in [-0.3, -0.25) is 9.88 Å². The van der Waals surface area contributed by atoms with Crippen LogP contribution in [-0.4, -0.2) is 52.2 Å². The lowest BCUT2D eigenvalue weighted by Crippen LogP contribution is -2.40. The topological polar surface area (TPSA) is 69.6 Å². The highest BCUT2D eigenvalue weighted by Gasteiger charge is 2.20. The van der Waals surface area contributed by atoms with Gasteiger partial charge in [0.1, 0.15) is 30.0 Å². The van der Waals surface area contributed by atoms with Gasteiger partial charge in [-0.15, -0.1) is 0 Å². The quantitative estimate of drug-likeness (QED) is 0.383. The first kappa shape index (κ1) is 20.7. The second-order valence-electron chi connectivity index (χ2n) is 7.57. The largest absolute Gasteiger partial charge is 0.492 e. The Hall–Kier alpha value is -3.23. The van der Waals surface area contributed by atoms with E-state index >= 15 is 0 Å². The highest BCUT2D eigenvalue weighted by atomic mass is 32.1. The van der Waals surface area contributed by atoms with E-state index in [0.29, 0.717) is 17.4 Å². The van der Waals surface area contributed by atoms with Gasteiger partial charge in [-0.05, 0) is 61.4 Å². The van der Waals surface area contributed by atoms with E-state index in [1.807, 2.05) is 48.5 Å². The van der Waals surface area contributed by atoms with Crippen molar-refractivity contribution >= 4 is 21.7 Å². The maximum atomic E-state index is 6.01. The molecular formula is C24H24N4O3S. The molecule has 0 aliphatic carbocycles. The van der Waals surface area contributed by atoms with Gasteiger partial charge in [-0.25, -0.2) is 4.98 Å². The summed E-state index contributed by atoms with van der Waals surface area (Å²) in [5.74, 6) is 2.41. The van der Waals surface area contributed by atoms with Crippen molar-refractivity contribution in [1.82, 2.24) is 19.9 Å². The van der Waals surface area contributed by atoms with Crippen LogP contribution in [0, 0.1) is 0 Å². The SMILES string of the molecule is c1cncc(OC2CCN(CCOc3ccc(Oc4nc5ncccc5s4)cc3)CC2)c1. The van der Waals surface area contributed by atoms with E-state index in [0.717, 1.165) is 54.4 Å². The Morgan fingerprint density at radius 1 is 0.938 bits per heavy atom. The molecule has 1 aliphatic heterocycles. The predicted molar refractivity (Wildman–Crippen MR) is 124 cm³/mol. The Bertz CT molecular complexity index is 1100. The van der Waals surface area contributed by atoms with Crippen molar-refractivity contribution in [3.05, 3.63) is 67.1 Å². The summed E-state index contributed by atoms with van der Waals surface area (Å²) in [6, 6.07) is 15.4. The molecule has 0 saturated carbocycles. The molecule has 0 amide bonds. The van der Waals surface area contributed by atoms with Crippen LogP contribution in [0.15, 0.2) is 67.1 Å². The van der Waals surface area contributed by atoms with Crippen LogP contribution in [0.5, 0.6) is 22.4 Å². The molecule has 1 aliphatic rings. The number of hydrogen-bond donors (Lipinski definition) is 0. The fourth-order valence-electron chi connectivity index (χ4n) is 3.65. The molecule has 4 aromatic rings. The van der Waals surface area contributed by atoms with E-state index < -0.39 is 0 Å². The summed E-state index contributed by atoms with van der Waals surface area (Å²) in [5.41, 5.74) is 0.708. The molecule has 0 atom stereocenters. The maximum Gasteiger partial charge on any atom is 0.281 e. The van der Waals surface area contributed by atoms with Crippen LogP contribution >= 0.6 is 11.3 Å². The zero-order valence-electron chi connectivity index (χ0n) is 17.6. The van der Waals surface area contributed by atoms with Crippen molar-refractivity contribution in [3.8, 4) is 22.4 Å². The molecule has 1 fully saturated rings. The van der Waals surface area contributed by atoms with E-state index in [4.69, 9.17) is 14.2 Å². The lowest BCUT2D eigenvalue weighted by Gasteiger charge is -2.31. The Balaban J connectivity index is 1.04. The van der Waals surface area contributed by atoms with E-state index in [1.54, 1.807) is 18.6 Å². The summed E-state index contributed by atoms with van der Waals surface area (Å²) < 4.78 is 18.8. The van der Waals surface area contributed by atoms with Crippen LogP contribution in [0.1, 0.15) is 12.8 Å². The van der Waals surface area contributed by atoms with Crippen LogP contribution in [0.25, 0.3) is 10.3 Å². The molecule has 0 N–H and O–H groups in total. The van der Waals surface area contributed by atoms with Crippen molar-refractivity contribution < 1.29 is 14.2 Å². The number of benzene rings is 1. The summed E-state index contributed by atoms with van der Waals surface area (Å²) in [4.78, 5) is 15.2. The van der Waals surface area contributed by atoms with E-state index in [1.165, 1.54) is 11.3 Å². The lowest BCUT2D eigenvalue weighted by atomic mass is 10.1. The summed E-state index contributed by atoms with van der Waals surface area (Å²) in [6.07, 6.45) is 7.56. The number of ether oxygens (including phenoxy) is 3. The number of likely N-dealkylation sites (tertiary alicyclic amines) is 1. The second kappa shape index (κ2) is 9.93. The zero-order valence-corrected chi connectivity index (χ0v) is 18.4. The van der Waals surface area contributed by atoms with Crippen LogP contribution in [-0.2, 0) is 0 Å². The first-order valence-electron chi connectivity index (χ1n) is 10.7. The maximum absolute atomic E-state index is 6.01. The molecule has 0 bridgehead atoms. The third-order valence-corrected chi connectivity index (χ3v) is 6.21. The minimum Gasteiger partial charge on any atom is -0.492 e. The predicted octanol–water partition coefficient (Wildman–Crippen LogP) is 4.80. The van der Waals surface area contributed by atoms with E-state index in [2.05, 4.69) is 19.9 Å². The number of piperidine rings is 1. The van der Waals surface area contributed by atoms with Gasteiger partial charge in [0.15, 0.2) is 5.65 Å². The molecule has 0 spiro atoms. The Kier molecular flexibility index (Phi) is 6.41. The summed E-state index contributed by atoms with van der Waals surface area (Å²) in [7, 11) is 0. The third-order valence-electron chi connectivity index (χ3n) is 5.32. The third kappa shape index (κ3) is 5.33. The number of thiazole rings is 1. The molecule has 7 nitrogen and oxygen atoms in total. The summed E-state index contributed by atoms with van der Waals surface area (Å²) in [5, 5.41) is 0.586. The Labute approximate surface area is 190 Å². The molecule has 0 unspecified atom stereocenters. The monoisotopic (exact) mass is 448 g/mol. The van der Waals surface area contributed by atoms with Gasteiger partial charge in [-0.1, -0.05) is 11.3 Å². The number of fused-ring (bicyclic) bond motifs is 1. The Morgan fingerprint density at radius 2 is 1.75 bits per heavy atom. The fourth-order valence-corrected chi connectivity index (χ4v) is 4.44. The number of pyridine rings is 2. The normalized spacial score (nSPS) is 15.0. The van der Waals surface area contributed by atoms with Crippen LogP contribution in [0.4, 0.5) is 0 Å². The fraction of sp³-hybridized carbons (Fsp3) is 0.292. The molecule has 1 aromatic carbocycles. The first-order valence-corrected chi connectivity index (χ1v) is 11.5. The van der Waals surface area contributed by atoms with Crippen molar-refractivity contribution in [1.29, 1.82) is 0 Å². The number of aromatic nitrogens is 3. The van der Waals surface area contributed by atoms with Crippen molar-refractivity contribution in [2.45, 2.75) is 18.9 Å². The number of hydrogen-bond acceptors (Lipinski definition) is 8. The van der Waals surface area contributed by atoms with Gasteiger partial charge in [0.25, 0.3) is 5.19 Å².